The van der Waals surface area contributed by atoms with Gasteiger partial charge in [-0.2, -0.15) is 0 Å². The first kappa shape index (κ1) is 17.2. The Balaban J connectivity index is 2.06. The highest BCUT2D eigenvalue weighted by Crippen LogP contribution is 2.28. The predicted molar refractivity (Wildman–Crippen MR) is 95.9 cm³/mol. The van der Waals surface area contributed by atoms with Crippen LogP contribution in [0, 0.1) is 12.7 Å². The smallest absolute Gasteiger partial charge is 0.322 e. The van der Waals surface area contributed by atoms with Crippen LogP contribution in [0.3, 0.4) is 0 Å². The Morgan fingerprint density at radius 2 is 1.88 bits per heavy atom. The fraction of sp³-hybridized carbons (Fsp3) is 0.250. The summed E-state index contributed by atoms with van der Waals surface area (Å²) in [4.78, 5) is 11.7. The number of esters is 1. The van der Waals surface area contributed by atoms with E-state index < -0.39 is 12.0 Å². The molecule has 0 aliphatic heterocycles. The summed E-state index contributed by atoms with van der Waals surface area (Å²) in [6, 6.07) is 13.9. The van der Waals surface area contributed by atoms with Crippen LogP contribution in [0.2, 0.25) is 0 Å². The van der Waals surface area contributed by atoms with Gasteiger partial charge in [-0.05, 0) is 24.6 Å². The number of benzene rings is 2. The van der Waals surface area contributed by atoms with Crippen molar-refractivity contribution in [3.05, 3.63) is 71.2 Å². The number of methoxy groups -OCH3 is 1. The third-order valence-corrected chi connectivity index (χ3v) is 4.58. The first-order valence-corrected chi connectivity index (χ1v) is 8.16. The quantitative estimate of drug-likeness (QED) is 0.726. The first-order valence-electron chi connectivity index (χ1n) is 8.16. The number of fused-ring (bicyclic) bond motifs is 1. The van der Waals surface area contributed by atoms with Crippen molar-refractivity contribution in [2.45, 2.75) is 25.9 Å². The summed E-state index contributed by atoms with van der Waals surface area (Å²) in [6.07, 6.45) is 0.378. The number of aromatic nitrogens is 1. The van der Waals surface area contributed by atoms with Crippen molar-refractivity contribution in [1.82, 2.24) is 4.57 Å². The van der Waals surface area contributed by atoms with E-state index in [4.69, 9.17) is 10.5 Å². The minimum absolute atomic E-state index is 0.229. The van der Waals surface area contributed by atoms with E-state index >= 15 is 0 Å². The molecule has 1 aromatic heterocycles. The summed E-state index contributed by atoms with van der Waals surface area (Å²) >= 11 is 0. The topological polar surface area (TPSA) is 57.2 Å². The van der Waals surface area contributed by atoms with Crippen molar-refractivity contribution < 1.29 is 13.9 Å². The molecule has 3 aromatic rings. The van der Waals surface area contributed by atoms with Gasteiger partial charge in [-0.1, -0.05) is 36.4 Å². The molecule has 1 atom stereocenters. The zero-order chi connectivity index (χ0) is 18.0. The van der Waals surface area contributed by atoms with Gasteiger partial charge in [0.25, 0.3) is 0 Å². The number of para-hydroxylation sites is 1. The normalized spacial score (nSPS) is 12.3. The van der Waals surface area contributed by atoms with Gasteiger partial charge < -0.3 is 15.0 Å². The number of carbonyl (C=O) groups excluding carboxylic acids is 1. The molecule has 0 spiro atoms. The number of ether oxygens (including phenoxy) is 1. The van der Waals surface area contributed by atoms with E-state index in [1.165, 1.54) is 13.2 Å². The van der Waals surface area contributed by atoms with Gasteiger partial charge in [0.2, 0.25) is 0 Å². The Morgan fingerprint density at radius 1 is 1.20 bits per heavy atom. The zero-order valence-corrected chi connectivity index (χ0v) is 14.3. The maximum absolute atomic E-state index is 14.1. The lowest BCUT2D eigenvalue weighted by Gasteiger charge is -2.11. The molecule has 0 fully saturated rings. The highest BCUT2D eigenvalue weighted by molar-refractivity contribution is 5.87. The highest BCUT2D eigenvalue weighted by Gasteiger charge is 2.21. The van der Waals surface area contributed by atoms with Crippen molar-refractivity contribution in [1.29, 1.82) is 0 Å². The standard InChI is InChI=1S/C20H21FN2O2/c1-13-16(11-18(22)20(24)25-2)15-8-4-6-10-19(15)23(13)12-14-7-3-5-9-17(14)21/h3-10,18H,11-12,22H2,1-2H3. The lowest BCUT2D eigenvalue weighted by Crippen LogP contribution is -2.33. The van der Waals surface area contributed by atoms with Crippen LogP contribution in [0.4, 0.5) is 4.39 Å². The fourth-order valence-electron chi connectivity index (χ4n) is 3.22. The Kier molecular flexibility index (Phi) is 4.86. The number of carbonyl (C=O) groups is 1. The molecule has 130 valence electrons. The summed E-state index contributed by atoms with van der Waals surface area (Å²) < 4.78 is 20.9. The van der Waals surface area contributed by atoms with Gasteiger partial charge in [-0.25, -0.2) is 4.39 Å². The lowest BCUT2D eigenvalue weighted by atomic mass is 10.0. The van der Waals surface area contributed by atoms with Crippen LogP contribution in [0.15, 0.2) is 48.5 Å². The molecule has 0 aliphatic carbocycles. The molecule has 0 bridgehead atoms. The molecular formula is C20H21FN2O2. The van der Waals surface area contributed by atoms with Crippen molar-refractivity contribution in [2.24, 2.45) is 5.73 Å². The molecule has 0 aliphatic rings. The number of nitrogens with zero attached hydrogens (tertiary/aromatic N) is 1. The average molecular weight is 340 g/mol. The third-order valence-electron chi connectivity index (χ3n) is 4.58. The van der Waals surface area contributed by atoms with Gasteiger partial charge in [-0.3, -0.25) is 4.79 Å². The van der Waals surface area contributed by atoms with Crippen LogP contribution < -0.4 is 5.73 Å². The predicted octanol–water partition coefficient (Wildman–Crippen LogP) is 3.18. The molecule has 2 aromatic carbocycles. The summed E-state index contributed by atoms with van der Waals surface area (Å²) in [7, 11) is 1.33. The van der Waals surface area contributed by atoms with Gasteiger partial charge in [0.1, 0.15) is 11.9 Å². The van der Waals surface area contributed by atoms with Gasteiger partial charge in [0.15, 0.2) is 0 Å². The number of nitrogens with two attached hydrogens (primary N) is 1. The van der Waals surface area contributed by atoms with E-state index in [0.717, 1.165) is 22.2 Å². The summed E-state index contributed by atoms with van der Waals surface area (Å²) in [5, 5.41) is 1.02. The second-order valence-electron chi connectivity index (χ2n) is 6.09. The van der Waals surface area contributed by atoms with Gasteiger partial charge in [-0.15, -0.1) is 0 Å². The maximum atomic E-state index is 14.1. The van der Waals surface area contributed by atoms with E-state index in [2.05, 4.69) is 4.57 Å². The molecular weight excluding hydrogens is 319 g/mol. The van der Waals surface area contributed by atoms with E-state index in [-0.39, 0.29) is 5.82 Å². The fourth-order valence-corrected chi connectivity index (χ4v) is 3.22. The second kappa shape index (κ2) is 7.07. The van der Waals surface area contributed by atoms with E-state index in [1.807, 2.05) is 37.3 Å². The van der Waals surface area contributed by atoms with E-state index in [9.17, 15) is 9.18 Å². The number of hydrogen-bond acceptors (Lipinski definition) is 3. The van der Waals surface area contributed by atoms with Crippen LogP contribution in [0.1, 0.15) is 16.8 Å². The average Bonchev–Trinajstić information content (AvgIpc) is 2.88. The molecule has 25 heavy (non-hydrogen) atoms. The first-order chi connectivity index (χ1) is 12.0. The Bertz CT molecular complexity index is 917. The highest BCUT2D eigenvalue weighted by atomic mass is 19.1. The zero-order valence-electron chi connectivity index (χ0n) is 14.3. The Labute approximate surface area is 146 Å². The second-order valence-corrected chi connectivity index (χ2v) is 6.09. The van der Waals surface area contributed by atoms with E-state index in [1.54, 1.807) is 12.1 Å². The molecule has 1 unspecified atom stereocenters. The van der Waals surface area contributed by atoms with Gasteiger partial charge in [0.05, 0.1) is 13.7 Å². The molecule has 2 N–H and O–H groups in total. The summed E-state index contributed by atoms with van der Waals surface area (Å²) in [6.45, 7) is 2.40. The molecule has 0 saturated carbocycles. The molecule has 0 amide bonds. The third kappa shape index (κ3) is 3.28. The molecule has 0 radical (unpaired) electrons. The maximum Gasteiger partial charge on any atom is 0.322 e. The van der Waals surface area contributed by atoms with Crippen molar-refractivity contribution in [3.8, 4) is 0 Å². The minimum Gasteiger partial charge on any atom is -0.468 e. The molecule has 1 heterocycles. The molecule has 4 nitrogen and oxygen atoms in total. The van der Waals surface area contributed by atoms with Gasteiger partial charge >= 0.3 is 5.97 Å². The van der Waals surface area contributed by atoms with Crippen LogP contribution in [-0.4, -0.2) is 23.7 Å². The molecule has 3 rings (SSSR count). The summed E-state index contributed by atoms with van der Waals surface area (Å²) in [5.41, 5.74) is 9.54. The number of halogens is 1. The molecule has 0 saturated heterocycles. The van der Waals surface area contributed by atoms with Crippen molar-refractivity contribution >= 4 is 16.9 Å². The summed E-state index contributed by atoms with van der Waals surface area (Å²) in [5.74, 6) is -0.669. The van der Waals surface area contributed by atoms with E-state index in [0.29, 0.717) is 18.5 Å². The molecule has 5 heteroatoms. The minimum atomic E-state index is -0.726. The number of hydrogen-bond donors (Lipinski definition) is 1. The number of rotatable bonds is 5. The van der Waals surface area contributed by atoms with Crippen LogP contribution in [0.5, 0.6) is 0 Å². The lowest BCUT2D eigenvalue weighted by molar-refractivity contribution is -0.142. The van der Waals surface area contributed by atoms with Gasteiger partial charge in [0, 0.05) is 28.6 Å². The Hall–Kier alpha value is -2.66. The van der Waals surface area contributed by atoms with Crippen molar-refractivity contribution in [3.63, 3.8) is 0 Å². The monoisotopic (exact) mass is 340 g/mol. The Morgan fingerprint density at radius 3 is 2.60 bits per heavy atom. The van der Waals surface area contributed by atoms with Crippen molar-refractivity contribution in [2.75, 3.05) is 7.11 Å². The SMILES string of the molecule is COC(=O)C(N)Cc1c(C)n(Cc2ccccc2F)c2ccccc12. The van der Waals surface area contributed by atoms with Crippen LogP contribution in [-0.2, 0) is 22.5 Å². The largest absolute Gasteiger partial charge is 0.468 e. The van der Waals surface area contributed by atoms with Crippen LogP contribution >= 0.6 is 0 Å². The van der Waals surface area contributed by atoms with Crippen LogP contribution in [0.25, 0.3) is 10.9 Å².